The molecule has 6 rings (SSSR count). The van der Waals surface area contributed by atoms with Gasteiger partial charge in [0.2, 0.25) is 0 Å². The first-order chi connectivity index (χ1) is 17.4. The molecule has 0 radical (unpaired) electrons. The summed E-state index contributed by atoms with van der Waals surface area (Å²) in [6.45, 7) is 8.69. The van der Waals surface area contributed by atoms with Gasteiger partial charge in [-0.1, -0.05) is 0 Å². The van der Waals surface area contributed by atoms with Gasteiger partial charge in [-0.05, 0) is 56.2 Å². The maximum absolute atomic E-state index is 12.3. The molecule has 3 aromatic rings. The molecule has 1 atom stereocenters. The molecule has 190 valence electrons. The zero-order valence-electron chi connectivity index (χ0n) is 21.4. The van der Waals surface area contributed by atoms with Crippen molar-refractivity contribution in [3.8, 4) is 11.6 Å². The molecule has 5 heterocycles. The summed E-state index contributed by atoms with van der Waals surface area (Å²) in [6.07, 6.45) is 6.59. The molecule has 0 saturated carbocycles. The quantitative estimate of drug-likeness (QED) is 0.530. The molecule has 1 spiro atoms. The third-order valence-electron chi connectivity index (χ3n) is 8.04. The van der Waals surface area contributed by atoms with Gasteiger partial charge in [0.25, 0.3) is 5.91 Å². The van der Waals surface area contributed by atoms with Crippen molar-refractivity contribution in [2.24, 2.45) is 5.41 Å². The first-order valence-electron chi connectivity index (χ1n) is 12.9. The third-order valence-corrected chi connectivity index (χ3v) is 8.04. The minimum atomic E-state index is 0.00210. The number of ether oxygens (including phenoxy) is 2. The van der Waals surface area contributed by atoms with Crippen LogP contribution < -0.4 is 4.74 Å². The number of aromatic nitrogens is 2. The number of carbonyl (C=O) groups excluding carboxylic acids is 1. The Bertz CT molecular complexity index is 1230. The van der Waals surface area contributed by atoms with E-state index in [1.165, 1.54) is 13.1 Å². The molecule has 3 saturated heterocycles. The van der Waals surface area contributed by atoms with Crippen LogP contribution in [0.1, 0.15) is 30.1 Å². The van der Waals surface area contributed by atoms with Crippen LogP contribution in [0.4, 0.5) is 0 Å². The van der Waals surface area contributed by atoms with E-state index in [2.05, 4.69) is 21.7 Å². The predicted octanol–water partition coefficient (Wildman–Crippen LogP) is 3.25. The Hall–Kier alpha value is -2.94. The maximum Gasteiger partial charge on any atom is 0.253 e. The predicted molar refractivity (Wildman–Crippen MR) is 139 cm³/mol. The van der Waals surface area contributed by atoms with Crippen LogP contribution in [0.2, 0.25) is 0 Å². The van der Waals surface area contributed by atoms with Crippen molar-refractivity contribution >= 4 is 16.8 Å². The number of fused-ring (bicyclic) bond motifs is 1. The molecule has 1 amide bonds. The third kappa shape index (κ3) is 4.27. The number of amides is 1. The largest absolute Gasteiger partial charge is 0.489 e. The van der Waals surface area contributed by atoms with Gasteiger partial charge in [0.1, 0.15) is 17.7 Å². The molecule has 1 unspecified atom stereocenters. The summed E-state index contributed by atoms with van der Waals surface area (Å²) in [5.74, 6) is 1.65. The molecule has 3 aliphatic rings. The maximum atomic E-state index is 12.3. The molecule has 0 bridgehead atoms. The van der Waals surface area contributed by atoms with Gasteiger partial charge in [0.15, 0.2) is 0 Å². The lowest BCUT2D eigenvalue weighted by Gasteiger charge is -2.58. The van der Waals surface area contributed by atoms with E-state index in [1.54, 1.807) is 19.0 Å². The minimum absolute atomic E-state index is 0.00210. The monoisotopic (exact) mass is 489 g/mol. The number of likely N-dealkylation sites (tertiary alicyclic amines) is 2. The Morgan fingerprint density at radius 3 is 2.53 bits per heavy atom. The summed E-state index contributed by atoms with van der Waals surface area (Å²) in [6, 6.07) is 11.8. The second-order valence-electron chi connectivity index (χ2n) is 10.9. The Morgan fingerprint density at radius 2 is 1.89 bits per heavy atom. The van der Waals surface area contributed by atoms with Crippen molar-refractivity contribution in [3.63, 3.8) is 0 Å². The fourth-order valence-electron chi connectivity index (χ4n) is 5.76. The molecule has 0 N–H and O–H groups in total. The summed E-state index contributed by atoms with van der Waals surface area (Å²) >= 11 is 0. The summed E-state index contributed by atoms with van der Waals surface area (Å²) < 4.78 is 13.8. The van der Waals surface area contributed by atoms with Gasteiger partial charge in [-0.15, -0.1) is 0 Å². The lowest BCUT2D eigenvalue weighted by molar-refractivity contribution is -0.211. The van der Waals surface area contributed by atoms with Crippen molar-refractivity contribution in [1.82, 2.24) is 24.3 Å². The van der Waals surface area contributed by atoms with Gasteiger partial charge in [-0.3, -0.25) is 14.6 Å². The van der Waals surface area contributed by atoms with Crippen LogP contribution in [0.5, 0.6) is 5.75 Å². The molecule has 8 heteroatoms. The first-order valence-corrected chi connectivity index (χ1v) is 12.9. The highest BCUT2D eigenvalue weighted by atomic mass is 16.5. The molecular weight excluding hydrogens is 454 g/mol. The fraction of sp³-hybridized carbons (Fsp3) is 0.500. The van der Waals surface area contributed by atoms with Crippen molar-refractivity contribution in [3.05, 3.63) is 54.4 Å². The van der Waals surface area contributed by atoms with Gasteiger partial charge < -0.3 is 18.9 Å². The van der Waals surface area contributed by atoms with E-state index in [0.29, 0.717) is 17.1 Å². The SMILES string of the molecule is CC(N1CCC(Oc2ccc(-n3ccc4cc(C(=O)N(C)C)ccc43)nc2)CC1)N1CC2(COC2)C1. The molecule has 36 heavy (non-hydrogen) atoms. The molecular formula is C28H35N5O3. The highest BCUT2D eigenvalue weighted by molar-refractivity contribution is 5.98. The Labute approximate surface area is 212 Å². The van der Waals surface area contributed by atoms with E-state index in [9.17, 15) is 4.79 Å². The van der Waals surface area contributed by atoms with E-state index in [0.717, 1.165) is 61.6 Å². The summed E-state index contributed by atoms with van der Waals surface area (Å²) in [5, 5.41) is 1.01. The summed E-state index contributed by atoms with van der Waals surface area (Å²) in [5.41, 5.74) is 2.17. The van der Waals surface area contributed by atoms with Gasteiger partial charge in [-0.25, -0.2) is 4.98 Å². The van der Waals surface area contributed by atoms with E-state index in [1.807, 2.05) is 53.4 Å². The van der Waals surface area contributed by atoms with Crippen molar-refractivity contribution in [2.45, 2.75) is 32.0 Å². The molecule has 0 aliphatic carbocycles. The van der Waals surface area contributed by atoms with Crippen LogP contribution in [-0.2, 0) is 4.74 Å². The lowest BCUT2D eigenvalue weighted by atomic mass is 9.77. The van der Waals surface area contributed by atoms with E-state index in [-0.39, 0.29) is 12.0 Å². The molecule has 3 fully saturated rings. The fourth-order valence-corrected chi connectivity index (χ4v) is 5.76. The average molecular weight is 490 g/mol. The number of rotatable bonds is 6. The summed E-state index contributed by atoms with van der Waals surface area (Å²) in [4.78, 5) is 23.7. The first kappa shape index (κ1) is 23.5. The minimum Gasteiger partial charge on any atom is -0.489 e. The van der Waals surface area contributed by atoms with Crippen LogP contribution >= 0.6 is 0 Å². The standard InChI is InChI=1S/C28H35N5O3/c1-20(32-16-28(17-32)18-35-19-28)31-11-9-23(10-12-31)36-24-5-7-26(29-15-24)33-13-8-21-14-22(4-6-25(21)33)27(34)30(2)3/h4-8,13-15,20,23H,9-12,16-19H2,1-3H3. The zero-order chi connectivity index (χ0) is 24.9. The molecule has 8 nitrogen and oxygen atoms in total. The Morgan fingerprint density at radius 1 is 1.11 bits per heavy atom. The van der Waals surface area contributed by atoms with Crippen molar-refractivity contribution in [1.29, 1.82) is 0 Å². The van der Waals surface area contributed by atoms with Crippen LogP contribution in [0.25, 0.3) is 16.7 Å². The highest BCUT2D eigenvalue weighted by Crippen LogP contribution is 2.39. The van der Waals surface area contributed by atoms with Gasteiger partial charge in [-0.2, -0.15) is 0 Å². The number of hydrogen-bond donors (Lipinski definition) is 0. The number of piperidine rings is 1. The molecule has 3 aliphatic heterocycles. The number of nitrogens with zero attached hydrogens (tertiary/aromatic N) is 5. The van der Waals surface area contributed by atoms with Gasteiger partial charge in [0, 0.05) is 62.8 Å². The Kier molecular flexibility index (Phi) is 5.98. The second-order valence-corrected chi connectivity index (χ2v) is 10.9. The van der Waals surface area contributed by atoms with Crippen molar-refractivity contribution < 1.29 is 14.3 Å². The number of carbonyl (C=O) groups is 1. The smallest absolute Gasteiger partial charge is 0.253 e. The summed E-state index contributed by atoms with van der Waals surface area (Å²) in [7, 11) is 3.53. The van der Waals surface area contributed by atoms with Crippen LogP contribution in [0, 0.1) is 5.41 Å². The second kappa shape index (κ2) is 9.18. The Balaban J connectivity index is 1.04. The number of pyridine rings is 1. The highest BCUT2D eigenvalue weighted by Gasteiger charge is 2.50. The molecule has 2 aromatic heterocycles. The van der Waals surface area contributed by atoms with Crippen LogP contribution in [0.3, 0.4) is 0 Å². The van der Waals surface area contributed by atoms with E-state index < -0.39 is 0 Å². The van der Waals surface area contributed by atoms with Crippen molar-refractivity contribution in [2.75, 3.05) is 53.5 Å². The van der Waals surface area contributed by atoms with Crippen LogP contribution in [0.15, 0.2) is 48.8 Å². The molecule has 1 aromatic carbocycles. The van der Waals surface area contributed by atoms with E-state index >= 15 is 0 Å². The normalized spacial score (nSPS) is 21.2. The number of hydrogen-bond acceptors (Lipinski definition) is 6. The van der Waals surface area contributed by atoms with Gasteiger partial charge >= 0.3 is 0 Å². The zero-order valence-corrected chi connectivity index (χ0v) is 21.4. The van der Waals surface area contributed by atoms with E-state index in [4.69, 9.17) is 9.47 Å². The lowest BCUT2D eigenvalue weighted by Crippen LogP contribution is -2.70. The topological polar surface area (TPSA) is 63.1 Å². The number of benzene rings is 1. The van der Waals surface area contributed by atoms with Gasteiger partial charge in [0.05, 0.1) is 31.1 Å². The van der Waals surface area contributed by atoms with Crippen LogP contribution in [-0.4, -0.2) is 95.9 Å². The average Bonchev–Trinajstić information content (AvgIpc) is 3.26.